The standard InChI is InChI=1S/C8H15NO/c1-6(9)5-7(10)8(2,3)4/h5H,9H2,1-4H3. The SMILES string of the molecule is CC(N)=CC(=O)C(C)(C)C. The second-order valence-corrected chi connectivity index (χ2v) is 3.50. The summed E-state index contributed by atoms with van der Waals surface area (Å²) in [6.07, 6.45) is 1.47. The monoisotopic (exact) mass is 141 g/mol. The molecule has 0 radical (unpaired) electrons. The fraction of sp³-hybridized carbons (Fsp3) is 0.625. The van der Waals surface area contributed by atoms with Crippen LogP contribution in [-0.2, 0) is 4.79 Å². The molecule has 0 atom stereocenters. The van der Waals surface area contributed by atoms with Crippen molar-refractivity contribution in [3.05, 3.63) is 11.8 Å². The molecule has 10 heavy (non-hydrogen) atoms. The number of hydrogen-bond acceptors (Lipinski definition) is 2. The Morgan fingerprint density at radius 1 is 1.40 bits per heavy atom. The van der Waals surface area contributed by atoms with E-state index in [1.807, 2.05) is 20.8 Å². The molecule has 0 unspecified atom stereocenters. The molecule has 58 valence electrons. The van der Waals surface area contributed by atoms with Gasteiger partial charge < -0.3 is 5.73 Å². The van der Waals surface area contributed by atoms with Gasteiger partial charge in [-0.2, -0.15) is 0 Å². The first-order valence-corrected chi connectivity index (χ1v) is 3.32. The molecule has 0 rings (SSSR count). The Kier molecular flexibility index (Phi) is 2.64. The van der Waals surface area contributed by atoms with Gasteiger partial charge in [0, 0.05) is 17.2 Å². The van der Waals surface area contributed by atoms with E-state index in [0.29, 0.717) is 5.70 Å². The Labute approximate surface area is 62.1 Å². The van der Waals surface area contributed by atoms with Crippen LogP contribution < -0.4 is 5.73 Å². The van der Waals surface area contributed by atoms with Crippen LogP contribution in [0.5, 0.6) is 0 Å². The first kappa shape index (κ1) is 9.21. The lowest BCUT2D eigenvalue weighted by Crippen LogP contribution is -2.18. The second kappa shape index (κ2) is 2.86. The van der Waals surface area contributed by atoms with Gasteiger partial charge in [-0.25, -0.2) is 0 Å². The van der Waals surface area contributed by atoms with Gasteiger partial charge in [0.1, 0.15) is 0 Å². The van der Waals surface area contributed by atoms with Crippen molar-refractivity contribution >= 4 is 5.78 Å². The average Bonchev–Trinajstić information content (AvgIpc) is 1.60. The summed E-state index contributed by atoms with van der Waals surface area (Å²) in [4.78, 5) is 11.1. The predicted molar refractivity (Wildman–Crippen MR) is 42.4 cm³/mol. The first-order valence-electron chi connectivity index (χ1n) is 3.32. The maximum atomic E-state index is 11.1. The Bertz CT molecular complexity index is 159. The van der Waals surface area contributed by atoms with E-state index < -0.39 is 0 Å². The Balaban J connectivity index is 4.27. The lowest BCUT2D eigenvalue weighted by atomic mass is 9.90. The molecular weight excluding hydrogens is 126 g/mol. The minimum Gasteiger partial charge on any atom is -0.402 e. The third kappa shape index (κ3) is 3.28. The van der Waals surface area contributed by atoms with Crippen molar-refractivity contribution in [1.82, 2.24) is 0 Å². The molecule has 0 saturated carbocycles. The van der Waals surface area contributed by atoms with Crippen molar-refractivity contribution in [1.29, 1.82) is 0 Å². The maximum absolute atomic E-state index is 11.1. The van der Waals surface area contributed by atoms with Crippen LogP contribution in [0.25, 0.3) is 0 Å². The number of allylic oxidation sites excluding steroid dienone is 2. The maximum Gasteiger partial charge on any atom is 0.162 e. The van der Waals surface area contributed by atoms with E-state index in [9.17, 15) is 4.79 Å². The topological polar surface area (TPSA) is 43.1 Å². The lowest BCUT2D eigenvalue weighted by Gasteiger charge is -2.13. The van der Waals surface area contributed by atoms with Crippen LogP contribution >= 0.6 is 0 Å². The predicted octanol–water partition coefficient (Wildman–Crippen LogP) is 1.46. The van der Waals surface area contributed by atoms with Gasteiger partial charge in [-0.3, -0.25) is 4.79 Å². The van der Waals surface area contributed by atoms with E-state index in [0.717, 1.165) is 0 Å². The summed E-state index contributed by atoms with van der Waals surface area (Å²) in [5.74, 6) is 0.0764. The van der Waals surface area contributed by atoms with E-state index >= 15 is 0 Å². The van der Waals surface area contributed by atoms with Crippen LogP contribution in [0.2, 0.25) is 0 Å². The molecule has 2 nitrogen and oxygen atoms in total. The highest BCUT2D eigenvalue weighted by Crippen LogP contribution is 2.15. The summed E-state index contributed by atoms with van der Waals surface area (Å²) in [6, 6.07) is 0. The average molecular weight is 141 g/mol. The molecule has 0 aliphatic rings. The summed E-state index contributed by atoms with van der Waals surface area (Å²) in [5.41, 5.74) is 5.59. The van der Waals surface area contributed by atoms with Gasteiger partial charge in [-0.1, -0.05) is 20.8 Å². The third-order valence-corrected chi connectivity index (χ3v) is 1.10. The second-order valence-electron chi connectivity index (χ2n) is 3.50. The first-order chi connectivity index (χ1) is 4.34. The molecular formula is C8H15NO. The van der Waals surface area contributed by atoms with Gasteiger partial charge in [0.05, 0.1) is 0 Å². The van der Waals surface area contributed by atoms with E-state index in [-0.39, 0.29) is 11.2 Å². The van der Waals surface area contributed by atoms with Gasteiger partial charge in [-0.05, 0) is 6.92 Å². The molecule has 0 heterocycles. The zero-order chi connectivity index (χ0) is 8.36. The summed E-state index contributed by atoms with van der Waals surface area (Å²) in [6.45, 7) is 7.32. The molecule has 0 aliphatic carbocycles. The fourth-order valence-corrected chi connectivity index (χ4v) is 0.423. The van der Waals surface area contributed by atoms with Crippen molar-refractivity contribution in [3.63, 3.8) is 0 Å². The van der Waals surface area contributed by atoms with Crippen molar-refractivity contribution < 1.29 is 4.79 Å². The van der Waals surface area contributed by atoms with Gasteiger partial charge in [-0.15, -0.1) is 0 Å². The Morgan fingerprint density at radius 2 is 1.80 bits per heavy atom. The van der Waals surface area contributed by atoms with Gasteiger partial charge in [0.25, 0.3) is 0 Å². The van der Waals surface area contributed by atoms with Crippen molar-refractivity contribution in [2.24, 2.45) is 11.1 Å². The number of hydrogen-bond donors (Lipinski definition) is 1. The van der Waals surface area contributed by atoms with Crippen LogP contribution in [0.15, 0.2) is 11.8 Å². The highest BCUT2D eigenvalue weighted by atomic mass is 16.1. The normalized spacial score (nSPS) is 13.4. The van der Waals surface area contributed by atoms with E-state index in [1.54, 1.807) is 6.92 Å². The van der Waals surface area contributed by atoms with Crippen LogP contribution in [0, 0.1) is 5.41 Å². The van der Waals surface area contributed by atoms with Crippen molar-refractivity contribution in [2.45, 2.75) is 27.7 Å². The number of carbonyl (C=O) groups is 1. The van der Waals surface area contributed by atoms with Crippen LogP contribution in [0.4, 0.5) is 0 Å². The lowest BCUT2D eigenvalue weighted by molar-refractivity contribution is -0.121. The number of carbonyl (C=O) groups excluding carboxylic acids is 1. The quantitative estimate of drug-likeness (QED) is 0.562. The van der Waals surface area contributed by atoms with Crippen molar-refractivity contribution in [2.75, 3.05) is 0 Å². The molecule has 0 bridgehead atoms. The molecule has 0 aromatic heterocycles. The molecule has 0 aromatic rings. The Morgan fingerprint density at radius 3 is 1.90 bits per heavy atom. The minimum atomic E-state index is -0.305. The van der Waals surface area contributed by atoms with Crippen LogP contribution in [0.1, 0.15) is 27.7 Å². The number of ketones is 1. The zero-order valence-electron chi connectivity index (χ0n) is 7.06. The highest BCUT2D eigenvalue weighted by molar-refractivity contribution is 5.94. The molecule has 0 amide bonds. The smallest absolute Gasteiger partial charge is 0.162 e. The number of rotatable bonds is 1. The van der Waals surface area contributed by atoms with E-state index in [1.165, 1.54) is 6.08 Å². The fourth-order valence-electron chi connectivity index (χ4n) is 0.423. The number of nitrogens with two attached hydrogens (primary N) is 1. The van der Waals surface area contributed by atoms with Crippen LogP contribution in [0.3, 0.4) is 0 Å². The molecule has 2 N–H and O–H groups in total. The van der Waals surface area contributed by atoms with Crippen molar-refractivity contribution in [3.8, 4) is 0 Å². The summed E-state index contributed by atoms with van der Waals surface area (Å²) in [5, 5.41) is 0. The third-order valence-electron chi connectivity index (χ3n) is 1.10. The largest absolute Gasteiger partial charge is 0.402 e. The van der Waals surface area contributed by atoms with E-state index in [2.05, 4.69) is 0 Å². The van der Waals surface area contributed by atoms with Gasteiger partial charge in [0.2, 0.25) is 0 Å². The van der Waals surface area contributed by atoms with Gasteiger partial charge in [0.15, 0.2) is 5.78 Å². The zero-order valence-corrected chi connectivity index (χ0v) is 7.06. The molecule has 0 aliphatic heterocycles. The van der Waals surface area contributed by atoms with E-state index in [4.69, 9.17) is 5.73 Å². The molecule has 0 fully saturated rings. The minimum absolute atomic E-state index is 0.0764. The molecule has 0 spiro atoms. The highest BCUT2D eigenvalue weighted by Gasteiger charge is 2.18. The molecule has 2 heteroatoms. The summed E-state index contributed by atoms with van der Waals surface area (Å²) >= 11 is 0. The van der Waals surface area contributed by atoms with Crippen LogP contribution in [-0.4, -0.2) is 5.78 Å². The summed E-state index contributed by atoms with van der Waals surface area (Å²) in [7, 11) is 0. The summed E-state index contributed by atoms with van der Waals surface area (Å²) < 4.78 is 0. The molecule has 0 saturated heterocycles. The van der Waals surface area contributed by atoms with Gasteiger partial charge >= 0.3 is 0 Å². The molecule has 0 aromatic carbocycles. The Hall–Kier alpha value is -0.790.